The summed E-state index contributed by atoms with van der Waals surface area (Å²) in [5.41, 5.74) is 0. The topological polar surface area (TPSA) is 15.3 Å². The van der Waals surface area contributed by atoms with E-state index in [-0.39, 0.29) is 12.4 Å². The Balaban J connectivity index is 0.00000128. The van der Waals surface area contributed by atoms with Crippen molar-refractivity contribution in [1.29, 1.82) is 0 Å². The minimum atomic E-state index is 0. The minimum Gasteiger partial charge on any atom is -0.312 e. The van der Waals surface area contributed by atoms with E-state index in [2.05, 4.69) is 24.1 Å². The average Bonchev–Trinajstić information content (AvgIpc) is 2.22. The first-order valence-electron chi connectivity index (χ1n) is 6.71. The Kier molecular flexibility index (Phi) is 6.09. The van der Waals surface area contributed by atoms with Crippen molar-refractivity contribution >= 4 is 12.4 Å². The van der Waals surface area contributed by atoms with Gasteiger partial charge in [0.1, 0.15) is 0 Å². The SMILES string of the molecule is CC1CCCCC1CN1CCN[C@@H](C)C1.Cl. The molecule has 2 rings (SSSR count). The van der Waals surface area contributed by atoms with E-state index in [4.69, 9.17) is 0 Å². The number of nitrogens with one attached hydrogen (secondary N) is 1. The van der Waals surface area contributed by atoms with Crippen LogP contribution in [0.25, 0.3) is 0 Å². The van der Waals surface area contributed by atoms with Gasteiger partial charge in [-0.3, -0.25) is 0 Å². The van der Waals surface area contributed by atoms with Gasteiger partial charge in [-0.1, -0.05) is 26.2 Å². The highest BCUT2D eigenvalue weighted by molar-refractivity contribution is 5.85. The van der Waals surface area contributed by atoms with Gasteiger partial charge in [-0.15, -0.1) is 12.4 Å². The fourth-order valence-corrected chi connectivity index (χ4v) is 3.17. The number of halogens is 1. The molecular formula is C13H27ClN2. The zero-order valence-corrected chi connectivity index (χ0v) is 11.6. The van der Waals surface area contributed by atoms with E-state index in [0.29, 0.717) is 6.04 Å². The Morgan fingerprint density at radius 3 is 2.62 bits per heavy atom. The van der Waals surface area contributed by atoms with Crippen molar-refractivity contribution in [3.63, 3.8) is 0 Å². The lowest BCUT2D eigenvalue weighted by Gasteiger charge is -2.37. The zero-order valence-electron chi connectivity index (χ0n) is 10.7. The molecule has 0 aromatic heterocycles. The molecule has 1 heterocycles. The molecule has 1 aliphatic carbocycles. The zero-order chi connectivity index (χ0) is 10.7. The summed E-state index contributed by atoms with van der Waals surface area (Å²) in [7, 11) is 0. The fraction of sp³-hybridized carbons (Fsp3) is 1.00. The van der Waals surface area contributed by atoms with E-state index in [1.807, 2.05) is 0 Å². The van der Waals surface area contributed by atoms with Gasteiger partial charge in [0.25, 0.3) is 0 Å². The van der Waals surface area contributed by atoms with E-state index in [9.17, 15) is 0 Å². The van der Waals surface area contributed by atoms with Gasteiger partial charge in [0.15, 0.2) is 0 Å². The lowest BCUT2D eigenvalue weighted by atomic mass is 9.80. The van der Waals surface area contributed by atoms with Gasteiger partial charge >= 0.3 is 0 Å². The maximum absolute atomic E-state index is 3.52. The second kappa shape index (κ2) is 6.83. The van der Waals surface area contributed by atoms with Crippen molar-refractivity contribution < 1.29 is 0 Å². The van der Waals surface area contributed by atoms with Gasteiger partial charge in [0.05, 0.1) is 0 Å². The number of hydrogen-bond donors (Lipinski definition) is 1. The molecule has 0 aromatic carbocycles. The molecule has 1 saturated heterocycles. The summed E-state index contributed by atoms with van der Waals surface area (Å²) in [5.74, 6) is 1.94. The maximum Gasteiger partial charge on any atom is 0.0167 e. The van der Waals surface area contributed by atoms with Gasteiger partial charge in [-0.25, -0.2) is 0 Å². The second-order valence-corrected chi connectivity index (χ2v) is 5.64. The normalized spacial score (nSPS) is 36.8. The number of hydrogen-bond acceptors (Lipinski definition) is 2. The van der Waals surface area contributed by atoms with Crippen LogP contribution in [0, 0.1) is 11.8 Å². The van der Waals surface area contributed by atoms with Gasteiger partial charge in [0.2, 0.25) is 0 Å². The Morgan fingerprint density at radius 1 is 1.19 bits per heavy atom. The molecule has 0 radical (unpaired) electrons. The van der Waals surface area contributed by atoms with Crippen LogP contribution >= 0.6 is 12.4 Å². The Bertz CT molecular complexity index is 198. The van der Waals surface area contributed by atoms with Gasteiger partial charge in [-0.2, -0.15) is 0 Å². The van der Waals surface area contributed by atoms with Crippen LogP contribution in [-0.4, -0.2) is 37.1 Å². The maximum atomic E-state index is 3.52. The van der Waals surface area contributed by atoms with E-state index in [1.54, 1.807) is 0 Å². The highest BCUT2D eigenvalue weighted by Gasteiger charge is 2.25. The molecule has 1 saturated carbocycles. The number of rotatable bonds is 2. The monoisotopic (exact) mass is 246 g/mol. The van der Waals surface area contributed by atoms with Crippen molar-refractivity contribution in [1.82, 2.24) is 10.2 Å². The lowest BCUT2D eigenvalue weighted by molar-refractivity contribution is 0.133. The number of nitrogens with zero attached hydrogens (tertiary/aromatic N) is 1. The van der Waals surface area contributed by atoms with E-state index < -0.39 is 0 Å². The highest BCUT2D eigenvalue weighted by atomic mass is 35.5. The Labute approximate surface area is 107 Å². The van der Waals surface area contributed by atoms with Crippen LogP contribution in [0.4, 0.5) is 0 Å². The van der Waals surface area contributed by atoms with Crippen molar-refractivity contribution in [2.24, 2.45) is 11.8 Å². The first-order chi connectivity index (χ1) is 7.25. The lowest BCUT2D eigenvalue weighted by Crippen LogP contribution is -2.51. The third-order valence-corrected chi connectivity index (χ3v) is 4.23. The first kappa shape index (κ1) is 14.3. The van der Waals surface area contributed by atoms with E-state index >= 15 is 0 Å². The predicted molar refractivity (Wildman–Crippen MR) is 72.3 cm³/mol. The molecule has 2 fully saturated rings. The van der Waals surface area contributed by atoms with Crippen molar-refractivity contribution in [2.45, 2.75) is 45.6 Å². The summed E-state index contributed by atoms with van der Waals surface area (Å²) in [4.78, 5) is 2.67. The smallest absolute Gasteiger partial charge is 0.0167 e. The molecule has 3 heteroatoms. The summed E-state index contributed by atoms with van der Waals surface area (Å²) in [5, 5.41) is 3.52. The van der Waals surface area contributed by atoms with Crippen LogP contribution in [0.15, 0.2) is 0 Å². The highest BCUT2D eigenvalue weighted by Crippen LogP contribution is 2.30. The molecule has 0 amide bonds. The van der Waals surface area contributed by atoms with E-state index in [1.165, 1.54) is 51.9 Å². The Hall–Kier alpha value is 0.210. The van der Waals surface area contributed by atoms with Gasteiger partial charge in [-0.05, 0) is 25.2 Å². The summed E-state index contributed by atoms with van der Waals surface area (Å²) in [6.45, 7) is 9.80. The predicted octanol–water partition coefficient (Wildman–Crippen LogP) is 2.53. The standard InChI is InChI=1S/C13H26N2.ClH/c1-11-5-3-4-6-13(11)10-15-8-7-14-12(2)9-15;/h11-14H,3-10H2,1-2H3;1H/t11?,12-,13?;/m0./s1. The van der Waals surface area contributed by atoms with Crippen molar-refractivity contribution in [3.8, 4) is 0 Å². The summed E-state index contributed by atoms with van der Waals surface area (Å²) in [6, 6.07) is 0.692. The molecule has 2 nitrogen and oxygen atoms in total. The van der Waals surface area contributed by atoms with Crippen LogP contribution in [0.2, 0.25) is 0 Å². The van der Waals surface area contributed by atoms with Gasteiger partial charge < -0.3 is 10.2 Å². The molecule has 0 bridgehead atoms. The van der Waals surface area contributed by atoms with Crippen LogP contribution in [-0.2, 0) is 0 Å². The molecule has 0 spiro atoms. The molecule has 2 aliphatic rings. The molecule has 3 atom stereocenters. The van der Waals surface area contributed by atoms with Crippen molar-refractivity contribution in [3.05, 3.63) is 0 Å². The quantitative estimate of drug-likeness (QED) is 0.806. The molecule has 96 valence electrons. The summed E-state index contributed by atoms with van der Waals surface area (Å²) < 4.78 is 0. The largest absolute Gasteiger partial charge is 0.312 e. The minimum absolute atomic E-state index is 0. The average molecular weight is 247 g/mol. The van der Waals surface area contributed by atoms with Crippen molar-refractivity contribution in [2.75, 3.05) is 26.2 Å². The van der Waals surface area contributed by atoms with Crippen LogP contribution < -0.4 is 5.32 Å². The molecule has 1 aliphatic heterocycles. The second-order valence-electron chi connectivity index (χ2n) is 5.64. The fourth-order valence-electron chi connectivity index (χ4n) is 3.17. The van der Waals surface area contributed by atoms with Crippen LogP contribution in [0.3, 0.4) is 0 Å². The third kappa shape index (κ3) is 3.90. The third-order valence-electron chi connectivity index (χ3n) is 4.23. The van der Waals surface area contributed by atoms with Crippen LogP contribution in [0.1, 0.15) is 39.5 Å². The Morgan fingerprint density at radius 2 is 1.94 bits per heavy atom. The molecule has 16 heavy (non-hydrogen) atoms. The summed E-state index contributed by atoms with van der Waals surface area (Å²) >= 11 is 0. The van der Waals surface area contributed by atoms with Crippen LogP contribution in [0.5, 0.6) is 0 Å². The summed E-state index contributed by atoms with van der Waals surface area (Å²) in [6.07, 6.45) is 5.87. The molecule has 2 unspecified atom stereocenters. The number of piperazine rings is 1. The van der Waals surface area contributed by atoms with Gasteiger partial charge in [0, 0.05) is 32.2 Å². The first-order valence-corrected chi connectivity index (χ1v) is 6.71. The molecule has 0 aromatic rings. The van der Waals surface area contributed by atoms with E-state index in [0.717, 1.165) is 11.8 Å². The molecular weight excluding hydrogens is 220 g/mol. The molecule has 1 N–H and O–H groups in total.